The van der Waals surface area contributed by atoms with Gasteiger partial charge in [-0.3, -0.25) is 0 Å². The van der Waals surface area contributed by atoms with Crippen molar-refractivity contribution in [2.24, 2.45) is 0 Å². The molecule has 74 valence electrons. The summed E-state index contributed by atoms with van der Waals surface area (Å²) in [6.07, 6.45) is 5.26. The minimum absolute atomic E-state index is 0.586. The van der Waals surface area contributed by atoms with Crippen LogP contribution in [0.2, 0.25) is 0 Å². The Kier molecular flexibility index (Phi) is 7.98. The lowest BCUT2D eigenvalue weighted by atomic mass is 10.1. The summed E-state index contributed by atoms with van der Waals surface area (Å²) in [6, 6.07) is 0. The van der Waals surface area contributed by atoms with Gasteiger partial charge in [-0.25, -0.2) is 4.89 Å². The van der Waals surface area contributed by atoms with E-state index in [1.54, 1.807) is 0 Å². The van der Waals surface area contributed by atoms with E-state index in [-0.39, 0.29) is 0 Å². The molecule has 0 fully saturated rings. The van der Waals surface area contributed by atoms with Crippen LogP contribution in [0.15, 0.2) is 0 Å². The molecule has 0 aromatic carbocycles. The summed E-state index contributed by atoms with van der Waals surface area (Å²) < 4.78 is 0. The molecule has 0 aliphatic carbocycles. The van der Waals surface area contributed by atoms with Crippen LogP contribution in [-0.4, -0.2) is 11.1 Å². The first-order chi connectivity index (χ1) is 5.56. The highest BCUT2D eigenvalue weighted by Crippen LogP contribution is 2.65. The maximum Gasteiger partial charge on any atom is 0.335 e. The summed E-state index contributed by atoms with van der Waals surface area (Å²) in [7, 11) is 0. The Morgan fingerprint density at radius 2 is 1.50 bits per heavy atom. The monoisotopic (exact) mass is 231 g/mol. The van der Waals surface area contributed by atoms with Crippen LogP contribution < -0.4 is 0 Å². The molecule has 0 radical (unpaired) electrons. The fraction of sp³-hybridized carbons (Fsp3) is 1.00. The fourth-order valence-corrected chi connectivity index (χ4v) is 2.40. The molecule has 0 saturated carbocycles. The van der Waals surface area contributed by atoms with Gasteiger partial charge in [0.25, 0.3) is 0 Å². The average Bonchev–Trinajstić information content (AvgIpc) is 1.94. The van der Waals surface area contributed by atoms with E-state index in [1.807, 2.05) is 0 Å². The summed E-state index contributed by atoms with van der Waals surface area (Å²) >= 11 is 11.0. The lowest BCUT2D eigenvalue weighted by molar-refractivity contribution is 0.605. The third kappa shape index (κ3) is 11.0. The normalized spacial score (nSPS) is 12.0. The maximum atomic E-state index is 9.06. The van der Waals surface area contributed by atoms with Gasteiger partial charge in [0.15, 0.2) is 0 Å². The highest BCUT2D eigenvalue weighted by molar-refractivity contribution is 8.13. The topological polar surface area (TPSA) is 20.2 Å². The number of hydrogen-bond acceptors (Lipinski definition) is 1. The van der Waals surface area contributed by atoms with Crippen LogP contribution in [0, 0.1) is 0 Å². The Morgan fingerprint density at radius 3 is 2.00 bits per heavy atom. The zero-order valence-corrected chi connectivity index (χ0v) is 10.0. The van der Waals surface area contributed by atoms with Crippen LogP contribution in [0.4, 0.5) is 0 Å². The highest BCUT2D eigenvalue weighted by atomic mass is 35.9. The number of halogens is 2. The van der Waals surface area contributed by atoms with Crippen LogP contribution in [-0.2, 0) is 0 Å². The van der Waals surface area contributed by atoms with Gasteiger partial charge in [0.1, 0.15) is 28.6 Å². The van der Waals surface area contributed by atoms with E-state index in [2.05, 4.69) is 6.92 Å². The lowest BCUT2D eigenvalue weighted by Crippen LogP contribution is -1.85. The van der Waals surface area contributed by atoms with Gasteiger partial charge in [-0.2, -0.15) is 0 Å². The zero-order valence-electron chi connectivity index (χ0n) is 7.60. The molecule has 0 aromatic rings. The molecule has 0 unspecified atom stereocenters. The minimum Gasteiger partial charge on any atom is -0.215 e. The Hall–Kier alpha value is 0.970. The quantitative estimate of drug-likeness (QED) is 0.503. The molecule has 1 N–H and O–H groups in total. The smallest absolute Gasteiger partial charge is 0.215 e. The van der Waals surface area contributed by atoms with Crippen LogP contribution in [0.25, 0.3) is 0 Å². The molecule has 0 aliphatic heterocycles. The molecule has 1 nitrogen and oxygen atoms in total. The summed E-state index contributed by atoms with van der Waals surface area (Å²) in [5.74, 6) is 0. The van der Waals surface area contributed by atoms with Gasteiger partial charge in [0, 0.05) is 0 Å². The van der Waals surface area contributed by atoms with Gasteiger partial charge in [-0.05, 0) is 12.8 Å². The largest absolute Gasteiger partial charge is 0.335 e. The van der Waals surface area contributed by atoms with Gasteiger partial charge in [0.2, 0.25) is 0 Å². The first-order valence-electron chi connectivity index (χ1n) is 4.56. The van der Waals surface area contributed by atoms with Crippen molar-refractivity contribution in [3.05, 3.63) is 0 Å². The van der Waals surface area contributed by atoms with E-state index in [0.717, 1.165) is 12.8 Å². The van der Waals surface area contributed by atoms with Crippen LogP contribution in [0.5, 0.6) is 0 Å². The molecule has 0 bridgehead atoms. The molecule has 0 heterocycles. The Bertz CT molecular complexity index is 104. The van der Waals surface area contributed by atoms with Crippen molar-refractivity contribution >= 4 is 28.7 Å². The molecule has 0 saturated heterocycles. The molecule has 0 aliphatic rings. The zero-order chi connectivity index (χ0) is 9.45. The van der Waals surface area contributed by atoms with E-state index in [1.165, 1.54) is 25.7 Å². The minimum atomic E-state index is -2.53. The molecule has 0 rings (SSSR count). The van der Waals surface area contributed by atoms with E-state index in [4.69, 9.17) is 27.4 Å². The van der Waals surface area contributed by atoms with Crippen LogP contribution in [0.3, 0.4) is 0 Å². The highest BCUT2D eigenvalue weighted by Gasteiger charge is 2.29. The number of unbranched alkanes of at least 4 members (excludes halogenated alkanes) is 5. The molecule has 0 aromatic heterocycles. The molecular formula is C8H18Cl2OP+. The van der Waals surface area contributed by atoms with Crippen molar-refractivity contribution in [1.29, 1.82) is 0 Å². The predicted octanol–water partition coefficient (Wildman–Crippen LogP) is 4.58. The van der Waals surface area contributed by atoms with Gasteiger partial charge in [0.05, 0.1) is 0 Å². The van der Waals surface area contributed by atoms with Crippen molar-refractivity contribution in [3.8, 4) is 0 Å². The molecule has 0 spiro atoms. The van der Waals surface area contributed by atoms with Crippen LogP contribution >= 0.6 is 28.7 Å². The second-order valence-electron chi connectivity index (χ2n) is 3.09. The van der Waals surface area contributed by atoms with Crippen LogP contribution in [0.1, 0.15) is 45.4 Å². The molecular weight excluding hydrogens is 214 g/mol. The summed E-state index contributed by atoms with van der Waals surface area (Å²) in [5, 5.41) is 0. The van der Waals surface area contributed by atoms with Crippen molar-refractivity contribution in [2.75, 3.05) is 6.16 Å². The lowest BCUT2D eigenvalue weighted by Gasteiger charge is -2.01. The Labute approximate surface area is 85.5 Å². The first-order valence-corrected chi connectivity index (χ1v) is 8.30. The summed E-state index contributed by atoms with van der Waals surface area (Å²) in [6.45, 7) is 2.20. The average molecular weight is 232 g/mol. The summed E-state index contributed by atoms with van der Waals surface area (Å²) in [4.78, 5) is 9.06. The molecule has 4 heteroatoms. The maximum absolute atomic E-state index is 9.06. The van der Waals surface area contributed by atoms with Crippen molar-refractivity contribution in [1.82, 2.24) is 0 Å². The van der Waals surface area contributed by atoms with Gasteiger partial charge in [-0.15, -0.1) is 0 Å². The van der Waals surface area contributed by atoms with E-state index >= 15 is 0 Å². The fourth-order valence-electron chi connectivity index (χ4n) is 1.08. The van der Waals surface area contributed by atoms with Crippen molar-refractivity contribution in [2.45, 2.75) is 45.4 Å². The number of hydrogen-bond donors (Lipinski definition) is 1. The second kappa shape index (κ2) is 7.38. The Balaban J connectivity index is 3.01. The number of rotatable bonds is 7. The van der Waals surface area contributed by atoms with Gasteiger partial charge < -0.3 is 0 Å². The summed E-state index contributed by atoms with van der Waals surface area (Å²) in [5.41, 5.74) is 0. The van der Waals surface area contributed by atoms with E-state index in [9.17, 15) is 0 Å². The van der Waals surface area contributed by atoms with Crippen molar-refractivity contribution in [3.63, 3.8) is 0 Å². The third-order valence-corrected chi connectivity index (χ3v) is 3.65. The molecule has 0 amide bonds. The first kappa shape index (κ1) is 13.0. The van der Waals surface area contributed by atoms with E-state index in [0.29, 0.717) is 6.16 Å². The second-order valence-corrected chi connectivity index (χ2v) is 8.60. The Morgan fingerprint density at radius 1 is 1.00 bits per heavy atom. The molecule has 0 atom stereocenters. The van der Waals surface area contributed by atoms with Gasteiger partial charge in [-0.1, -0.05) is 32.6 Å². The standard InChI is InChI=1S/C8H18Cl2OP/c1-2-3-4-5-6-7-8-12(9,10)11/h11H,2-8H2,1H3/q+1. The van der Waals surface area contributed by atoms with Gasteiger partial charge >= 0.3 is 6.19 Å². The molecule has 12 heavy (non-hydrogen) atoms. The predicted molar refractivity (Wildman–Crippen MR) is 59.1 cm³/mol. The van der Waals surface area contributed by atoms with Crippen molar-refractivity contribution < 1.29 is 4.89 Å². The van der Waals surface area contributed by atoms with E-state index < -0.39 is 6.19 Å². The third-order valence-electron chi connectivity index (χ3n) is 1.78. The SMILES string of the molecule is CCCCCCCC[P+](O)(Cl)Cl.